The van der Waals surface area contributed by atoms with Gasteiger partial charge in [0.25, 0.3) is 11.8 Å². The lowest BCUT2D eigenvalue weighted by molar-refractivity contribution is -0.113. The zero-order valence-electron chi connectivity index (χ0n) is 21.1. The summed E-state index contributed by atoms with van der Waals surface area (Å²) in [6, 6.07) is 29.9. The fraction of sp³-hybridized carbons (Fsp3) is 0.0312. The van der Waals surface area contributed by atoms with Crippen molar-refractivity contribution in [3.8, 4) is 5.75 Å². The Morgan fingerprint density at radius 2 is 1.38 bits per heavy atom. The smallest absolute Gasteiger partial charge is 0.272 e. The van der Waals surface area contributed by atoms with E-state index in [-0.39, 0.29) is 11.5 Å². The summed E-state index contributed by atoms with van der Waals surface area (Å²) in [6.45, 7) is 0. The van der Waals surface area contributed by atoms with Gasteiger partial charge >= 0.3 is 0 Å². The Balaban J connectivity index is 1.49. The van der Waals surface area contributed by atoms with E-state index in [0.29, 0.717) is 28.1 Å². The summed E-state index contributed by atoms with van der Waals surface area (Å²) >= 11 is 3.39. The predicted octanol–water partition coefficient (Wildman–Crippen LogP) is 6.76. The first-order valence-corrected chi connectivity index (χ1v) is 12.8. The van der Waals surface area contributed by atoms with E-state index in [1.165, 1.54) is 6.08 Å². The summed E-state index contributed by atoms with van der Waals surface area (Å²) in [4.78, 5) is 38.6. The minimum absolute atomic E-state index is 0.0617. The summed E-state index contributed by atoms with van der Waals surface area (Å²) in [5, 5.41) is 5.50. The van der Waals surface area contributed by atoms with E-state index in [2.05, 4.69) is 26.6 Å². The lowest BCUT2D eigenvalue weighted by Crippen LogP contribution is -2.30. The second-order valence-corrected chi connectivity index (χ2v) is 9.35. The molecule has 0 bridgehead atoms. The van der Waals surface area contributed by atoms with Crippen LogP contribution < -0.4 is 15.4 Å². The fourth-order valence-electron chi connectivity index (χ4n) is 3.57. The molecule has 0 unspecified atom stereocenters. The van der Waals surface area contributed by atoms with E-state index in [0.717, 1.165) is 10.0 Å². The molecule has 4 rings (SSSR count). The number of carbonyl (C=O) groups excluding carboxylic acids is 3. The third-order valence-corrected chi connectivity index (χ3v) is 6.21. The summed E-state index contributed by atoms with van der Waals surface area (Å²) < 4.78 is 6.15. The molecule has 0 spiro atoms. The Labute approximate surface area is 235 Å². The second-order valence-electron chi connectivity index (χ2n) is 8.43. The quantitative estimate of drug-likeness (QED) is 0.169. The third kappa shape index (κ3) is 7.87. The van der Waals surface area contributed by atoms with Gasteiger partial charge in [0.05, 0.1) is 7.11 Å². The van der Waals surface area contributed by atoms with Crippen molar-refractivity contribution in [1.29, 1.82) is 0 Å². The van der Waals surface area contributed by atoms with Gasteiger partial charge in [-0.25, -0.2) is 0 Å². The topological polar surface area (TPSA) is 84.5 Å². The molecule has 4 aromatic rings. The highest BCUT2D eigenvalue weighted by molar-refractivity contribution is 9.10. The first-order valence-electron chi connectivity index (χ1n) is 12.0. The van der Waals surface area contributed by atoms with Gasteiger partial charge in [-0.2, -0.15) is 0 Å². The predicted molar refractivity (Wildman–Crippen MR) is 157 cm³/mol. The number of carbonyl (C=O) groups is 3. The van der Waals surface area contributed by atoms with Crippen LogP contribution in [0, 0.1) is 0 Å². The number of amides is 2. The second kappa shape index (κ2) is 13.2. The van der Waals surface area contributed by atoms with Gasteiger partial charge in [-0.3, -0.25) is 14.4 Å². The van der Waals surface area contributed by atoms with Crippen LogP contribution in [0.15, 0.2) is 119 Å². The normalized spacial score (nSPS) is 11.2. The number of rotatable bonds is 9. The number of hydrogen-bond acceptors (Lipinski definition) is 4. The molecule has 4 aromatic carbocycles. The van der Waals surface area contributed by atoms with E-state index < -0.39 is 11.8 Å². The minimum atomic E-state index is -0.510. The Hall–Kier alpha value is -4.75. The highest BCUT2D eigenvalue weighted by Crippen LogP contribution is 2.17. The molecular formula is C32H25BrN2O4. The fourth-order valence-corrected chi connectivity index (χ4v) is 3.83. The largest absolute Gasteiger partial charge is 0.497 e. The minimum Gasteiger partial charge on any atom is -0.497 e. The molecule has 0 radical (unpaired) electrons. The number of nitrogens with one attached hydrogen (secondary N) is 2. The van der Waals surface area contributed by atoms with Gasteiger partial charge in [-0.15, -0.1) is 0 Å². The van der Waals surface area contributed by atoms with E-state index in [1.54, 1.807) is 92.1 Å². The molecule has 2 amide bonds. The number of halogens is 1. The van der Waals surface area contributed by atoms with Crippen molar-refractivity contribution >= 4 is 51.4 Å². The van der Waals surface area contributed by atoms with Gasteiger partial charge < -0.3 is 15.4 Å². The van der Waals surface area contributed by atoms with Gasteiger partial charge in [-0.05, 0) is 83.9 Å². The molecule has 194 valence electrons. The van der Waals surface area contributed by atoms with Crippen LogP contribution in [0.4, 0.5) is 5.69 Å². The number of methoxy groups -OCH3 is 1. The van der Waals surface area contributed by atoms with Crippen LogP contribution in [0.1, 0.15) is 31.8 Å². The number of allylic oxidation sites excluding steroid dienone is 1. The molecule has 0 fully saturated rings. The molecule has 0 aliphatic carbocycles. The molecule has 2 N–H and O–H groups in total. The maximum Gasteiger partial charge on any atom is 0.272 e. The molecular weight excluding hydrogens is 556 g/mol. The number of ketones is 1. The van der Waals surface area contributed by atoms with E-state index in [9.17, 15) is 14.4 Å². The number of hydrogen-bond donors (Lipinski definition) is 2. The van der Waals surface area contributed by atoms with Crippen LogP contribution in [0.25, 0.3) is 12.2 Å². The van der Waals surface area contributed by atoms with Gasteiger partial charge in [0.15, 0.2) is 5.78 Å². The van der Waals surface area contributed by atoms with Crippen molar-refractivity contribution in [3.63, 3.8) is 0 Å². The molecule has 39 heavy (non-hydrogen) atoms. The monoisotopic (exact) mass is 580 g/mol. The Bertz CT molecular complexity index is 1510. The molecule has 0 aliphatic heterocycles. The van der Waals surface area contributed by atoms with Crippen molar-refractivity contribution < 1.29 is 19.1 Å². The first kappa shape index (κ1) is 27.3. The van der Waals surface area contributed by atoms with Crippen LogP contribution in [0.5, 0.6) is 5.75 Å². The molecule has 0 saturated carbocycles. The maximum absolute atomic E-state index is 13.2. The lowest BCUT2D eigenvalue weighted by atomic mass is 10.1. The molecule has 0 atom stereocenters. The Kier molecular flexibility index (Phi) is 9.21. The average Bonchev–Trinajstić information content (AvgIpc) is 2.97. The maximum atomic E-state index is 13.2. The van der Waals surface area contributed by atoms with E-state index >= 15 is 0 Å². The van der Waals surface area contributed by atoms with Gasteiger partial charge in [0.2, 0.25) is 0 Å². The van der Waals surface area contributed by atoms with Crippen molar-refractivity contribution in [2.75, 3.05) is 12.4 Å². The molecule has 0 aliphatic rings. The molecule has 7 heteroatoms. The van der Waals surface area contributed by atoms with Gasteiger partial charge in [0.1, 0.15) is 11.4 Å². The van der Waals surface area contributed by atoms with Crippen molar-refractivity contribution in [2.45, 2.75) is 0 Å². The SMILES string of the molecule is COc1ccc(/C=C(\NC(=O)c2ccccc2)C(=O)Nc2ccc(C(=O)/C=C/c3ccc(Br)cc3)cc2)cc1. The molecule has 0 saturated heterocycles. The standard InChI is InChI=1S/C32H25BrN2O4/c1-39-28-18-9-23(10-19-28)21-29(35-31(37)25-5-3-2-4-6-25)32(38)34-27-16-12-24(13-17-27)30(36)20-11-22-7-14-26(33)15-8-22/h2-21H,1H3,(H,34,38)(H,35,37)/b20-11+,29-21-. The van der Waals surface area contributed by atoms with Gasteiger partial charge in [0, 0.05) is 21.3 Å². The summed E-state index contributed by atoms with van der Waals surface area (Å²) in [5.41, 5.74) is 3.05. The van der Waals surface area contributed by atoms with Crippen LogP contribution in [0.3, 0.4) is 0 Å². The number of benzene rings is 4. The van der Waals surface area contributed by atoms with E-state index in [1.807, 2.05) is 30.3 Å². The molecule has 0 aromatic heterocycles. The molecule has 0 heterocycles. The summed E-state index contributed by atoms with van der Waals surface area (Å²) in [5.74, 6) is -0.410. The van der Waals surface area contributed by atoms with Crippen molar-refractivity contribution in [3.05, 3.63) is 142 Å². The van der Waals surface area contributed by atoms with Gasteiger partial charge in [-0.1, -0.05) is 64.5 Å². The average molecular weight is 581 g/mol. The highest BCUT2D eigenvalue weighted by Gasteiger charge is 2.15. The summed E-state index contributed by atoms with van der Waals surface area (Å²) in [7, 11) is 1.57. The zero-order chi connectivity index (χ0) is 27.6. The third-order valence-electron chi connectivity index (χ3n) is 5.68. The zero-order valence-corrected chi connectivity index (χ0v) is 22.6. The Morgan fingerprint density at radius 3 is 2.03 bits per heavy atom. The Morgan fingerprint density at radius 1 is 0.744 bits per heavy atom. The highest BCUT2D eigenvalue weighted by atomic mass is 79.9. The number of anilines is 1. The van der Waals surface area contributed by atoms with Crippen molar-refractivity contribution in [1.82, 2.24) is 5.32 Å². The summed E-state index contributed by atoms with van der Waals surface area (Å²) in [6.07, 6.45) is 4.84. The van der Waals surface area contributed by atoms with Crippen molar-refractivity contribution in [2.24, 2.45) is 0 Å². The van der Waals surface area contributed by atoms with Crippen LogP contribution >= 0.6 is 15.9 Å². The molecule has 6 nitrogen and oxygen atoms in total. The van der Waals surface area contributed by atoms with Crippen LogP contribution in [-0.2, 0) is 4.79 Å². The lowest BCUT2D eigenvalue weighted by Gasteiger charge is -2.12. The number of ether oxygens (including phenoxy) is 1. The van der Waals surface area contributed by atoms with Crippen LogP contribution in [0.2, 0.25) is 0 Å². The first-order chi connectivity index (χ1) is 18.9. The van der Waals surface area contributed by atoms with Crippen LogP contribution in [-0.4, -0.2) is 24.7 Å². The van der Waals surface area contributed by atoms with E-state index in [4.69, 9.17) is 4.74 Å².